The number of amides is 1. The van der Waals surface area contributed by atoms with Gasteiger partial charge in [0.2, 0.25) is 0 Å². The largest absolute Gasteiger partial charge is 0.478 e. The van der Waals surface area contributed by atoms with Crippen LogP contribution in [0, 0.1) is 5.82 Å². The van der Waals surface area contributed by atoms with Gasteiger partial charge in [0.05, 0.1) is 23.3 Å². The van der Waals surface area contributed by atoms with Gasteiger partial charge in [-0.3, -0.25) is 4.79 Å². The molecule has 0 aromatic heterocycles. The fourth-order valence-electron chi connectivity index (χ4n) is 2.95. The molecule has 2 N–H and O–H groups in total. The van der Waals surface area contributed by atoms with Crippen molar-refractivity contribution in [2.45, 2.75) is 37.6 Å². The molecule has 0 unspecified atom stereocenters. The number of carboxylic acid groups (broad SMARTS) is 1. The fraction of sp³-hybridized carbons (Fsp3) is 0.500. The normalized spacial score (nSPS) is 17.0. The molecule has 120 valence electrons. The van der Waals surface area contributed by atoms with Crippen LogP contribution in [-0.2, 0) is 4.74 Å². The number of aromatic carboxylic acids is 1. The number of carboxylic acids is 1. The molecular weight excluding hydrogens is 289 g/mol. The molecule has 1 aliphatic carbocycles. The summed E-state index contributed by atoms with van der Waals surface area (Å²) in [6, 6.07) is 3.29. The van der Waals surface area contributed by atoms with Crippen LogP contribution < -0.4 is 5.32 Å². The molecule has 0 radical (unpaired) electrons. The molecule has 1 aliphatic rings. The lowest BCUT2D eigenvalue weighted by Gasteiger charge is -2.37. The van der Waals surface area contributed by atoms with Gasteiger partial charge in [-0.2, -0.15) is 0 Å². The topological polar surface area (TPSA) is 75.6 Å². The van der Waals surface area contributed by atoms with Crippen molar-refractivity contribution in [2.24, 2.45) is 0 Å². The van der Waals surface area contributed by atoms with Gasteiger partial charge in [0.1, 0.15) is 5.82 Å². The Labute approximate surface area is 128 Å². The zero-order chi connectivity index (χ0) is 16.2. The first-order chi connectivity index (χ1) is 10.5. The highest BCUT2D eigenvalue weighted by atomic mass is 19.1. The summed E-state index contributed by atoms with van der Waals surface area (Å²) in [6.07, 6.45) is 4.68. The zero-order valence-corrected chi connectivity index (χ0v) is 12.5. The monoisotopic (exact) mass is 309 g/mol. The molecule has 22 heavy (non-hydrogen) atoms. The van der Waals surface area contributed by atoms with Crippen molar-refractivity contribution < 1.29 is 23.8 Å². The Bertz CT molecular complexity index is 562. The van der Waals surface area contributed by atoms with E-state index in [4.69, 9.17) is 9.84 Å². The number of hydrogen-bond donors (Lipinski definition) is 2. The van der Waals surface area contributed by atoms with Crippen LogP contribution >= 0.6 is 0 Å². The standard InChI is InChI=1S/C16H20FNO4/c1-22-10-16(7-3-2-4-8-16)18-14(19)12-6-5-11(15(20)21)9-13(12)17/h5-6,9H,2-4,7-8,10H2,1H3,(H,18,19)(H,20,21). The molecular formula is C16H20FNO4. The van der Waals surface area contributed by atoms with Crippen molar-refractivity contribution in [3.8, 4) is 0 Å². The second kappa shape index (κ2) is 6.87. The molecule has 0 saturated heterocycles. The number of hydrogen-bond acceptors (Lipinski definition) is 3. The number of methoxy groups -OCH3 is 1. The van der Waals surface area contributed by atoms with E-state index in [2.05, 4.69) is 5.32 Å². The SMILES string of the molecule is COCC1(NC(=O)c2ccc(C(=O)O)cc2F)CCCCC1. The number of halogens is 1. The summed E-state index contributed by atoms with van der Waals surface area (Å²) < 4.78 is 19.2. The Morgan fingerprint density at radius 1 is 1.32 bits per heavy atom. The first-order valence-electron chi connectivity index (χ1n) is 7.32. The van der Waals surface area contributed by atoms with Gasteiger partial charge >= 0.3 is 5.97 Å². The third kappa shape index (κ3) is 3.62. The van der Waals surface area contributed by atoms with Crippen molar-refractivity contribution in [2.75, 3.05) is 13.7 Å². The van der Waals surface area contributed by atoms with Gasteiger partial charge < -0.3 is 15.2 Å². The van der Waals surface area contributed by atoms with E-state index >= 15 is 0 Å². The summed E-state index contributed by atoms with van der Waals surface area (Å²) in [5, 5.41) is 11.7. The van der Waals surface area contributed by atoms with E-state index in [1.165, 1.54) is 12.1 Å². The Hall–Kier alpha value is -1.95. The average Bonchev–Trinajstić information content (AvgIpc) is 2.47. The number of carbonyl (C=O) groups is 2. The lowest BCUT2D eigenvalue weighted by Crippen LogP contribution is -2.53. The molecule has 5 nitrogen and oxygen atoms in total. The summed E-state index contributed by atoms with van der Waals surface area (Å²) >= 11 is 0. The van der Waals surface area contributed by atoms with E-state index in [1.54, 1.807) is 7.11 Å². The molecule has 1 saturated carbocycles. The molecule has 0 bridgehead atoms. The van der Waals surface area contributed by atoms with Crippen molar-refractivity contribution in [3.05, 3.63) is 35.1 Å². The van der Waals surface area contributed by atoms with E-state index in [9.17, 15) is 14.0 Å². The van der Waals surface area contributed by atoms with Crippen LogP contribution in [-0.4, -0.2) is 36.2 Å². The van der Waals surface area contributed by atoms with Gasteiger partial charge in [-0.05, 0) is 31.0 Å². The van der Waals surface area contributed by atoms with Gasteiger partial charge in [0.25, 0.3) is 5.91 Å². The Kier molecular flexibility index (Phi) is 5.13. The maximum Gasteiger partial charge on any atom is 0.335 e. The minimum Gasteiger partial charge on any atom is -0.478 e. The van der Waals surface area contributed by atoms with Crippen LogP contribution in [0.25, 0.3) is 0 Å². The summed E-state index contributed by atoms with van der Waals surface area (Å²) in [5.74, 6) is -2.59. The molecule has 1 aromatic rings. The van der Waals surface area contributed by atoms with Crippen molar-refractivity contribution in [1.82, 2.24) is 5.32 Å². The summed E-state index contributed by atoms with van der Waals surface area (Å²) in [7, 11) is 1.57. The van der Waals surface area contributed by atoms with Crippen LogP contribution in [0.1, 0.15) is 52.8 Å². The van der Waals surface area contributed by atoms with Gasteiger partial charge in [0.15, 0.2) is 0 Å². The van der Waals surface area contributed by atoms with Gasteiger partial charge in [0, 0.05) is 7.11 Å². The number of carbonyl (C=O) groups excluding carboxylic acids is 1. The Balaban J connectivity index is 2.18. The number of rotatable bonds is 5. The number of nitrogens with one attached hydrogen (secondary N) is 1. The lowest BCUT2D eigenvalue weighted by atomic mass is 9.82. The number of ether oxygens (including phenoxy) is 1. The minimum absolute atomic E-state index is 0.147. The van der Waals surface area contributed by atoms with E-state index in [0.717, 1.165) is 38.2 Å². The fourth-order valence-corrected chi connectivity index (χ4v) is 2.95. The van der Waals surface area contributed by atoms with Crippen molar-refractivity contribution >= 4 is 11.9 Å². The van der Waals surface area contributed by atoms with Crippen LogP contribution in [0.15, 0.2) is 18.2 Å². The van der Waals surface area contributed by atoms with Crippen LogP contribution in [0.5, 0.6) is 0 Å². The van der Waals surface area contributed by atoms with Crippen molar-refractivity contribution in [1.29, 1.82) is 0 Å². The molecule has 0 aliphatic heterocycles. The predicted octanol–water partition coefficient (Wildman–Crippen LogP) is 2.60. The minimum atomic E-state index is -1.23. The molecule has 6 heteroatoms. The summed E-state index contributed by atoms with van der Waals surface area (Å²) in [5.41, 5.74) is -0.800. The lowest BCUT2D eigenvalue weighted by molar-refractivity contribution is 0.0633. The third-order valence-electron chi connectivity index (χ3n) is 4.07. The molecule has 2 rings (SSSR count). The van der Waals surface area contributed by atoms with Crippen LogP contribution in [0.2, 0.25) is 0 Å². The highest BCUT2D eigenvalue weighted by Gasteiger charge is 2.34. The maximum absolute atomic E-state index is 14.0. The van der Waals surface area contributed by atoms with Crippen molar-refractivity contribution in [3.63, 3.8) is 0 Å². The van der Waals surface area contributed by atoms with Gasteiger partial charge in [-0.25, -0.2) is 9.18 Å². The summed E-state index contributed by atoms with van der Waals surface area (Å²) in [4.78, 5) is 23.1. The van der Waals surface area contributed by atoms with E-state index in [0.29, 0.717) is 6.61 Å². The molecule has 1 fully saturated rings. The first-order valence-corrected chi connectivity index (χ1v) is 7.32. The quantitative estimate of drug-likeness (QED) is 0.876. The third-order valence-corrected chi connectivity index (χ3v) is 4.07. The van der Waals surface area contributed by atoms with E-state index in [-0.39, 0.29) is 11.1 Å². The maximum atomic E-state index is 14.0. The smallest absolute Gasteiger partial charge is 0.335 e. The van der Waals surface area contributed by atoms with E-state index in [1.807, 2.05) is 0 Å². The highest BCUT2D eigenvalue weighted by Crippen LogP contribution is 2.29. The second-order valence-electron chi connectivity index (χ2n) is 5.73. The second-order valence-corrected chi connectivity index (χ2v) is 5.73. The van der Waals surface area contributed by atoms with Gasteiger partial charge in [-0.1, -0.05) is 19.3 Å². The highest BCUT2D eigenvalue weighted by molar-refractivity contribution is 5.96. The molecule has 1 aromatic carbocycles. The number of benzene rings is 1. The Morgan fingerprint density at radius 2 is 2.00 bits per heavy atom. The molecule has 0 heterocycles. The Morgan fingerprint density at radius 3 is 2.55 bits per heavy atom. The average molecular weight is 309 g/mol. The molecule has 0 spiro atoms. The van der Waals surface area contributed by atoms with Crippen LogP contribution in [0.4, 0.5) is 4.39 Å². The predicted molar refractivity (Wildman–Crippen MR) is 78.5 cm³/mol. The zero-order valence-electron chi connectivity index (χ0n) is 12.5. The summed E-state index contributed by atoms with van der Waals surface area (Å²) in [6.45, 7) is 0.383. The van der Waals surface area contributed by atoms with E-state index < -0.39 is 23.2 Å². The molecule has 0 atom stereocenters. The first kappa shape index (κ1) is 16.4. The molecule has 1 amide bonds. The van der Waals surface area contributed by atoms with Crippen LogP contribution in [0.3, 0.4) is 0 Å². The van der Waals surface area contributed by atoms with Gasteiger partial charge in [-0.15, -0.1) is 0 Å².